The zero-order valence-electron chi connectivity index (χ0n) is 7.93. The number of carbonyl (C=O) groups excluding carboxylic acids is 1. The molecule has 0 spiro atoms. The first-order valence-corrected chi connectivity index (χ1v) is 4.37. The highest BCUT2D eigenvalue weighted by molar-refractivity contribution is 5.95. The average Bonchev–Trinajstić information content (AvgIpc) is 2.16. The summed E-state index contributed by atoms with van der Waals surface area (Å²) >= 11 is 0. The van der Waals surface area contributed by atoms with Crippen LogP contribution in [0.2, 0.25) is 0 Å². The Morgan fingerprint density at radius 1 is 1.46 bits per heavy atom. The van der Waals surface area contributed by atoms with Gasteiger partial charge in [-0.25, -0.2) is 4.39 Å². The lowest BCUT2D eigenvalue weighted by atomic mass is 10.0. The van der Waals surface area contributed by atoms with Gasteiger partial charge in [-0.05, 0) is 30.5 Å². The van der Waals surface area contributed by atoms with E-state index in [1.165, 1.54) is 6.92 Å². The van der Waals surface area contributed by atoms with Gasteiger partial charge in [0.15, 0.2) is 5.78 Å². The molecule has 13 heavy (non-hydrogen) atoms. The first-order chi connectivity index (χ1) is 6.19. The molecule has 1 aromatic rings. The molecule has 0 aliphatic carbocycles. The van der Waals surface area contributed by atoms with Crippen molar-refractivity contribution in [2.75, 3.05) is 0 Å². The van der Waals surface area contributed by atoms with E-state index >= 15 is 0 Å². The van der Waals surface area contributed by atoms with Crippen LogP contribution in [-0.2, 0) is 13.1 Å². The quantitative estimate of drug-likeness (QED) is 0.653. The first-order valence-electron chi connectivity index (χ1n) is 4.37. The Bertz CT molecular complexity index is 318. The third kappa shape index (κ3) is 2.14. The lowest BCUT2D eigenvalue weighted by Gasteiger charge is -2.04. The van der Waals surface area contributed by atoms with Gasteiger partial charge in [-0.3, -0.25) is 4.79 Å². The Kier molecular flexibility index (Phi) is 3.18. The van der Waals surface area contributed by atoms with Gasteiger partial charge in [0.2, 0.25) is 0 Å². The van der Waals surface area contributed by atoms with Gasteiger partial charge in [0.1, 0.15) is 6.67 Å². The predicted molar refractivity (Wildman–Crippen MR) is 50.6 cm³/mol. The minimum Gasteiger partial charge on any atom is -0.294 e. The molecule has 0 aliphatic rings. The molecule has 0 saturated carbocycles. The van der Waals surface area contributed by atoms with Crippen LogP contribution in [0.25, 0.3) is 0 Å². The lowest BCUT2D eigenvalue weighted by molar-refractivity contribution is 0.101. The molecule has 0 radical (unpaired) electrons. The molecular weight excluding hydrogens is 167 g/mol. The van der Waals surface area contributed by atoms with Crippen LogP contribution < -0.4 is 0 Å². The summed E-state index contributed by atoms with van der Waals surface area (Å²) in [5.41, 5.74) is 2.08. The van der Waals surface area contributed by atoms with E-state index in [0.29, 0.717) is 11.1 Å². The van der Waals surface area contributed by atoms with Crippen LogP contribution in [0.1, 0.15) is 35.3 Å². The molecule has 1 aromatic carbocycles. The highest BCUT2D eigenvalue weighted by Gasteiger charge is 2.06. The molecular formula is C11H13FO. The molecule has 0 heterocycles. The van der Waals surface area contributed by atoms with Gasteiger partial charge in [-0.2, -0.15) is 0 Å². The summed E-state index contributed by atoms with van der Waals surface area (Å²) in [4.78, 5) is 11.1. The van der Waals surface area contributed by atoms with Crippen molar-refractivity contribution in [2.45, 2.75) is 26.9 Å². The molecule has 0 N–H and O–H groups in total. The summed E-state index contributed by atoms with van der Waals surface area (Å²) in [6, 6.07) is 5.33. The molecule has 70 valence electrons. The van der Waals surface area contributed by atoms with E-state index in [-0.39, 0.29) is 5.78 Å². The topological polar surface area (TPSA) is 17.1 Å². The molecule has 0 aliphatic heterocycles. The summed E-state index contributed by atoms with van der Waals surface area (Å²) in [6.07, 6.45) is 0.868. The maximum Gasteiger partial charge on any atom is 0.160 e. The van der Waals surface area contributed by atoms with Crippen molar-refractivity contribution < 1.29 is 9.18 Å². The standard InChI is InChI=1S/C11H13FO/c1-3-9-4-5-10(7-12)11(6-9)8(2)13/h4-6H,3,7H2,1-2H3. The molecule has 0 atom stereocenters. The van der Waals surface area contributed by atoms with E-state index in [1.54, 1.807) is 12.1 Å². The Balaban J connectivity index is 3.18. The highest BCUT2D eigenvalue weighted by atomic mass is 19.1. The Hall–Kier alpha value is -1.18. The summed E-state index contributed by atoms with van der Waals surface area (Å²) in [5, 5.41) is 0. The molecule has 0 amide bonds. The van der Waals surface area contributed by atoms with Crippen LogP contribution in [0.15, 0.2) is 18.2 Å². The van der Waals surface area contributed by atoms with Crippen LogP contribution in [0.3, 0.4) is 0 Å². The molecule has 0 fully saturated rings. The molecule has 0 aromatic heterocycles. The van der Waals surface area contributed by atoms with Crippen LogP contribution >= 0.6 is 0 Å². The van der Waals surface area contributed by atoms with Crippen LogP contribution in [-0.4, -0.2) is 5.78 Å². The first kappa shape index (κ1) is 9.90. The zero-order valence-corrected chi connectivity index (χ0v) is 7.93. The third-order valence-electron chi connectivity index (χ3n) is 2.11. The molecule has 1 nitrogen and oxygen atoms in total. The van der Waals surface area contributed by atoms with Gasteiger partial charge in [-0.15, -0.1) is 0 Å². The second-order valence-corrected chi connectivity index (χ2v) is 3.03. The van der Waals surface area contributed by atoms with Crippen molar-refractivity contribution in [3.63, 3.8) is 0 Å². The summed E-state index contributed by atoms with van der Waals surface area (Å²) in [5.74, 6) is -0.0667. The predicted octanol–water partition coefficient (Wildman–Crippen LogP) is 2.92. The summed E-state index contributed by atoms with van der Waals surface area (Å²) in [7, 11) is 0. The molecule has 1 rings (SSSR count). The molecule has 0 saturated heterocycles. The normalized spacial score (nSPS) is 10.1. The number of aryl methyl sites for hydroxylation is 1. The summed E-state index contributed by atoms with van der Waals surface area (Å²) < 4.78 is 12.4. The number of Topliss-reactive ketones (excluding diaryl/α,β-unsaturated/α-hetero) is 1. The molecule has 2 heteroatoms. The second kappa shape index (κ2) is 4.17. The van der Waals surface area contributed by atoms with Gasteiger partial charge in [0.25, 0.3) is 0 Å². The van der Waals surface area contributed by atoms with E-state index in [4.69, 9.17) is 0 Å². The largest absolute Gasteiger partial charge is 0.294 e. The lowest BCUT2D eigenvalue weighted by Crippen LogP contribution is -1.99. The zero-order chi connectivity index (χ0) is 9.84. The SMILES string of the molecule is CCc1ccc(CF)c(C(C)=O)c1. The van der Waals surface area contributed by atoms with Crippen molar-refractivity contribution in [3.8, 4) is 0 Å². The van der Waals surface area contributed by atoms with E-state index in [0.717, 1.165) is 12.0 Å². The Morgan fingerprint density at radius 3 is 2.62 bits per heavy atom. The fourth-order valence-corrected chi connectivity index (χ4v) is 1.29. The van der Waals surface area contributed by atoms with Crippen LogP contribution in [0, 0.1) is 0 Å². The Labute approximate surface area is 77.6 Å². The minimum atomic E-state index is -0.571. The molecule has 0 unspecified atom stereocenters. The minimum absolute atomic E-state index is 0.0667. The van der Waals surface area contributed by atoms with E-state index in [2.05, 4.69) is 0 Å². The smallest absolute Gasteiger partial charge is 0.160 e. The number of rotatable bonds is 3. The molecule has 0 bridgehead atoms. The van der Waals surface area contributed by atoms with Gasteiger partial charge in [0.05, 0.1) is 0 Å². The number of carbonyl (C=O) groups is 1. The average molecular weight is 180 g/mol. The van der Waals surface area contributed by atoms with Crippen molar-refractivity contribution in [1.29, 1.82) is 0 Å². The Morgan fingerprint density at radius 2 is 2.15 bits per heavy atom. The fourth-order valence-electron chi connectivity index (χ4n) is 1.29. The fraction of sp³-hybridized carbons (Fsp3) is 0.364. The van der Waals surface area contributed by atoms with Crippen molar-refractivity contribution in [1.82, 2.24) is 0 Å². The maximum atomic E-state index is 12.4. The summed E-state index contributed by atoms with van der Waals surface area (Å²) in [6.45, 7) is 2.90. The third-order valence-corrected chi connectivity index (χ3v) is 2.11. The van der Waals surface area contributed by atoms with E-state index in [9.17, 15) is 9.18 Å². The van der Waals surface area contributed by atoms with Gasteiger partial charge < -0.3 is 0 Å². The van der Waals surface area contributed by atoms with Gasteiger partial charge >= 0.3 is 0 Å². The van der Waals surface area contributed by atoms with Crippen LogP contribution in [0.5, 0.6) is 0 Å². The van der Waals surface area contributed by atoms with E-state index in [1.807, 2.05) is 13.0 Å². The number of hydrogen-bond acceptors (Lipinski definition) is 1. The number of halogens is 1. The second-order valence-electron chi connectivity index (χ2n) is 3.03. The van der Waals surface area contributed by atoms with Crippen molar-refractivity contribution >= 4 is 5.78 Å². The van der Waals surface area contributed by atoms with Crippen molar-refractivity contribution in [2.24, 2.45) is 0 Å². The van der Waals surface area contributed by atoms with E-state index < -0.39 is 6.67 Å². The maximum absolute atomic E-state index is 12.4. The van der Waals surface area contributed by atoms with Gasteiger partial charge in [-0.1, -0.05) is 19.1 Å². The number of alkyl halides is 1. The highest BCUT2D eigenvalue weighted by Crippen LogP contribution is 2.14. The van der Waals surface area contributed by atoms with Crippen LogP contribution in [0.4, 0.5) is 4.39 Å². The number of ketones is 1. The van der Waals surface area contributed by atoms with Gasteiger partial charge in [0, 0.05) is 5.56 Å². The van der Waals surface area contributed by atoms with Crippen molar-refractivity contribution in [3.05, 3.63) is 34.9 Å². The number of hydrogen-bond donors (Lipinski definition) is 0. The monoisotopic (exact) mass is 180 g/mol. The number of benzene rings is 1.